The fraction of sp³-hybridized carbons (Fsp3) is 0. The summed E-state index contributed by atoms with van der Waals surface area (Å²) in [6.07, 6.45) is 0. The van der Waals surface area contributed by atoms with Crippen molar-refractivity contribution in [3.63, 3.8) is 0 Å². The fourth-order valence-corrected chi connectivity index (χ4v) is 6.98. The molecule has 0 fully saturated rings. The summed E-state index contributed by atoms with van der Waals surface area (Å²) in [4.78, 5) is 15.0. The largest absolute Gasteiger partial charge is 0.455 e. The van der Waals surface area contributed by atoms with E-state index in [2.05, 4.69) is 66.7 Å². The van der Waals surface area contributed by atoms with Gasteiger partial charge in [-0.05, 0) is 53.2 Å². The molecule has 196 valence electrons. The molecule has 0 N–H and O–H groups in total. The van der Waals surface area contributed by atoms with Gasteiger partial charge in [0, 0.05) is 42.1 Å². The number of hydrogen-bond donors (Lipinski definition) is 0. The van der Waals surface area contributed by atoms with Gasteiger partial charge in [0.15, 0.2) is 17.5 Å². The van der Waals surface area contributed by atoms with Crippen LogP contribution in [0.4, 0.5) is 0 Å². The predicted octanol–water partition coefficient (Wildman–Crippen LogP) is 10.3. The average molecular weight is 556 g/mol. The van der Waals surface area contributed by atoms with Crippen LogP contribution in [-0.4, -0.2) is 15.0 Å². The number of hydrogen-bond acceptors (Lipinski definition) is 5. The van der Waals surface area contributed by atoms with E-state index in [0.717, 1.165) is 38.6 Å². The van der Waals surface area contributed by atoms with Gasteiger partial charge in [0.1, 0.15) is 11.2 Å². The standard InChI is InChI=1S/C37H21N3OS/c1-2-9-22(10-3-1)35-38-36(40-37(39-35)28-15-8-14-27-26-13-6-7-16-31(26)41-34(27)28)25-17-18-32-29(20-25)30-19-23-11-4-5-12-24(23)21-33(30)42-32/h1-21H. The zero-order valence-electron chi connectivity index (χ0n) is 22.3. The van der Waals surface area contributed by atoms with Crippen LogP contribution < -0.4 is 0 Å². The molecule has 9 aromatic rings. The van der Waals surface area contributed by atoms with Crippen molar-refractivity contribution in [3.8, 4) is 34.2 Å². The number of para-hydroxylation sites is 2. The summed E-state index contributed by atoms with van der Waals surface area (Å²) in [5.74, 6) is 1.85. The first-order valence-electron chi connectivity index (χ1n) is 13.9. The van der Waals surface area contributed by atoms with Crippen LogP contribution in [0, 0.1) is 0 Å². The maximum Gasteiger partial charge on any atom is 0.167 e. The van der Waals surface area contributed by atoms with Crippen molar-refractivity contribution >= 4 is 64.2 Å². The van der Waals surface area contributed by atoms with Crippen molar-refractivity contribution < 1.29 is 4.42 Å². The molecule has 0 saturated carbocycles. The molecule has 0 unspecified atom stereocenters. The number of nitrogens with zero attached hydrogens (tertiary/aromatic N) is 3. The molecule has 3 heterocycles. The van der Waals surface area contributed by atoms with Crippen LogP contribution >= 0.6 is 11.3 Å². The quantitative estimate of drug-likeness (QED) is 0.218. The maximum absolute atomic E-state index is 6.36. The normalized spacial score (nSPS) is 11.8. The van der Waals surface area contributed by atoms with Crippen LogP contribution in [0.15, 0.2) is 132 Å². The zero-order chi connectivity index (χ0) is 27.6. The van der Waals surface area contributed by atoms with Crippen LogP contribution in [-0.2, 0) is 0 Å². The van der Waals surface area contributed by atoms with E-state index in [1.54, 1.807) is 0 Å². The molecule has 0 amide bonds. The topological polar surface area (TPSA) is 51.8 Å². The fourth-order valence-electron chi connectivity index (χ4n) is 5.87. The van der Waals surface area contributed by atoms with E-state index in [1.165, 1.54) is 30.9 Å². The number of fused-ring (bicyclic) bond motifs is 7. The molecule has 5 heteroatoms. The molecule has 0 aliphatic heterocycles. The van der Waals surface area contributed by atoms with Crippen molar-refractivity contribution in [2.45, 2.75) is 0 Å². The van der Waals surface area contributed by atoms with Gasteiger partial charge in [-0.2, -0.15) is 0 Å². The van der Waals surface area contributed by atoms with E-state index < -0.39 is 0 Å². The highest BCUT2D eigenvalue weighted by molar-refractivity contribution is 7.25. The van der Waals surface area contributed by atoms with Gasteiger partial charge in [-0.1, -0.05) is 84.9 Å². The lowest BCUT2D eigenvalue weighted by Crippen LogP contribution is -2.00. The third-order valence-corrected chi connectivity index (χ3v) is 9.04. The minimum absolute atomic E-state index is 0.588. The van der Waals surface area contributed by atoms with E-state index in [-0.39, 0.29) is 0 Å². The molecule has 4 nitrogen and oxygen atoms in total. The van der Waals surface area contributed by atoms with Crippen molar-refractivity contribution in [1.82, 2.24) is 15.0 Å². The summed E-state index contributed by atoms with van der Waals surface area (Å²) in [5, 5.41) is 7.08. The first kappa shape index (κ1) is 23.3. The lowest BCUT2D eigenvalue weighted by atomic mass is 10.0. The molecule has 0 saturated heterocycles. The molecule has 0 bridgehead atoms. The Kier molecular flexibility index (Phi) is 5.03. The van der Waals surface area contributed by atoms with E-state index in [4.69, 9.17) is 19.4 Å². The van der Waals surface area contributed by atoms with Gasteiger partial charge in [0.05, 0.1) is 5.56 Å². The van der Waals surface area contributed by atoms with Crippen LogP contribution in [0.2, 0.25) is 0 Å². The molecule has 0 aliphatic carbocycles. The van der Waals surface area contributed by atoms with Crippen molar-refractivity contribution in [1.29, 1.82) is 0 Å². The minimum atomic E-state index is 0.588. The van der Waals surface area contributed by atoms with E-state index in [9.17, 15) is 0 Å². The highest BCUT2D eigenvalue weighted by atomic mass is 32.1. The van der Waals surface area contributed by atoms with Gasteiger partial charge in [-0.3, -0.25) is 0 Å². The van der Waals surface area contributed by atoms with Crippen LogP contribution in [0.1, 0.15) is 0 Å². The molecule has 9 rings (SSSR count). The molecule has 3 aromatic heterocycles. The van der Waals surface area contributed by atoms with Gasteiger partial charge in [0.25, 0.3) is 0 Å². The molecular formula is C37H21N3OS. The molecule has 0 radical (unpaired) electrons. The van der Waals surface area contributed by atoms with Crippen molar-refractivity contribution in [3.05, 3.63) is 127 Å². The van der Waals surface area contributed by atoms with Crippen LogP contribution in [0.3, 0.4) is 0 Å². The average Bonchev–Trinajstić information content (AvgIpc) is 3.61. The van der Waals surface area contributed by atoms with Gasteiger partial charge in [-0.15, -0.1) is 11.3 Å². The first-order valence-corrected chi connectivity index (χ1v) is 14.7. The maximum atomic E-state index is 6.36. The number of furan rings is 1. The lowest BCUT2D eigenvalue weighted by Gasteiger charge is -2.09. The number of rotatable bonds is 3. The van der Waals surface area contributed by atoms with E-state index in [0.29, 0.717) is 17.5 Å². The Morgan fingerprint density at radius 1 is 0.452 bits per heavy atom. The highest BCUT2D eigenvalue weighted by Crippen LogP contribution is 2.39. The summed E-state index contributed by atoms with van der Waals surface area (Å²) in [7, 11) is 0. The summed E-state index contributed by atoms with van der Waals surface area (Å²) >= 11 is 1.82. The van der Waals surface area contributed by atoms with Gasteiger partial charge < -0.3 is 4.42 Å². The third kappa shape index (κ3) is 3.64. The summed E-state index contributed by atoms with van der Waals surface area (Å²) in [6.45, 7) is 0. The Bertz CT molecular complexity index is 2480. The summed E-state index contributed by atoms with van der Waals surface area (Å²) in [5.41, 5.74) is 4.36. The smallest absolute Gasteiger partial charge is 0.167 e. The Hall–Kier alpha value is -5.39. The molecule has 6 aromatic carbocycles. The van der Waals surface area contributed by atoms with Crippen LogP contribution in [0.25, 0.3) is 87.0 Å². The molecule has 0 aliphatic rings. The second-order valence-corrected chi connectivity index (χ2v) is 11.5. The summed E-state index contributed by atoms with van der Waals surface area (Å²) < 4.78 is 8.88. The van der Waals surface area contributed by atoms with E-state index in [1.807, 2.05) is 72.0 Å². The Morgan fingerprint density at radius 2 is 1.14 bits per heavy atom. The van der Waals surface area contributed by atoms with E-state index >= 15 is 0 Å². The Morgan fingerprint density at radius 3 is 2.02 bits per heavy atom. The number of benzene rings is 6. The molecule has 0 spiro atoms. The number of thiophene rings is 1. The lowest BCUT2D eigenvalue weighted by molar-refractivity contribution is 0.669. The zero-order valence-corrected chi connectivity index (χ0v) is 23.1. The Balaban J connectivity index is 1.29. The van der Waals surface area contributed by atoms with Crippen LogP contribution in [0.5, 0.6) is 0 Å². The monoisotopic (exact) mass is 555 g/mol. The first-order chi connectivity index (χ1) is 20.8. The highest BCUT2D eigenvalue weighted by Gasteiger charge is 2.18. The third-order valence-electron chi connectivity index (χ3n) is 7.91. The molecule has 0 atom stereocenters. The SMILES string of the molecule is c1ccc(-c2nc(-c3ccc4sc5cc6ccccc6cc5c4c3)nc(-c3cccc4c3oc3ccccc34)n2)cc1. The van der Waals surface area contributed by atoms with Gasteiger partial charge in [-0.25, -0.2) is 15.0 Å². The Labute approximate surface area is 244 Å². The minimum Gasteiger partial charge on any atom is -0.455 e. The second-order valence-electron chi connectivity index (χ2n) is 10.5. The van der Waals surface area contributed by atoms with Crippen molar-refractivity contribution in [2.75, 3.05) is 0 Å². The molecule has 42 heavy (non-hydrogen) atoms. The second kappa shape index (κ2) is 9.06. The summed E-state index contributed by atoms with van der Waals surface area (Å²) in [6, 6.07) is 44.0. The van der Waals surface area contributed by atoms with Crippen molar-refractivity contribution in [2.24, 2.45) is 0 Å². The predicted molar refractivity (Wildman–Crippen MR) is 174 cm³/mol. The van der Waals surface area contributed by atoms with Gasteiger partial charge in [0.2, 0.25) is 0 Å². The molecular weight excluding hydrogens is 534 g/mol. The number of aromatic nitrogens is 3. The van der Waals surface area contributed by atoms with Gasteiger partial charge >= 0.3 is 0 Å².